The summed E-state index contributed by atoms with van der Waals surface area (Å²) in [4.78, 5) is 86.0. The molecule has 1 fully saturated rings. The Hall–Kier alpha value is -2.79. The molecule has 1 aliphatic heterocycles. The van der Waals surface area contributed by atoms with Gasteiger partial charge in [-0.15, -0.1) is 0 Å². The molecule has 0 bridgehead atoms. The first kappa shape index (κ1) is 42.6. The molecule has 288 valence electrons. The number of aliphatic hydroxyl groups is 2. The predicted molar refractivity (Wildman–Crippen MR) is 170 cm³/mol. The molecule has 51 heavy (non-hydrogen) atoms. The molecule has 0 radical (unpaired) electrons. The van der Waals surface area contributed by atoms with Gasteiger partial charge in [0.1, 0.15) is 42.0 Å². The van der Waals surface area contributed by atoms with Gasteiger partial charge >= 0.3 is 23.5 Å². The lowest BCUT2D eigenvalue weighted by atomic mass is 9.87. The van der Waals surface area contributed by atoms with E-state index in [-0.39, 0.29) is 42.3 Å². The fraction of sp³-hybridized carbons (Fsp3) is 0.667. The third kappa shape index (κ3) is 12.7. The van der Waals surface area contributed by atoms with Gasteiger partial charge in [0.05, 0.1) is 19.5 Å². The van der Waals surface area contributed by atoms with Gasteiger partial charge in [-0.05, 0) is 13.3 Å². The number of ketones is 1. The monoisotopic (exact) mass is 791 g/mol. The maximum absolute atomic E-state index is 12.6. The average Bonchev–Trinajstić information content (AvgIpc) is 3.57. The first-order valence-electron chi connectivity index (χ1n) is 14.9. The minimum Gasteiger partial charge on any atom is -0.386 e. The van der Waals surface area contributed by atoms with Gasteiger partial charge < -0.3 is 55.7 Å². The van der Waals surface area contributed by atoms with Crippen LogP contribution in [0, 0.1) is 5.41 Å². The van der Waals surface area contributed by atoms with Crippen LogP contribution in [0.4, 0.5) is 5.82 Å². The molecule has 27 heteroatoms. The van der Waals surface area contributed by atoms with E-state index in [0.717, 1.165) is 17.2 Å². The number of nitrogens with zero attached hydrogens (tertiary/aromatic N) is 4. The molecule has 0 aliphatic carbocycles. The Labute approximate surface area is 289 Å². The van der Waals surface area contributed by atoms with Crippen LogP contribution in [0.3, 0.4) is 0 Å². The van der Waals surface area contributed by atoms with E-state index < -0.39 is 84.6 Å². The van der Waals surface area contributed by atoms with E-state index in [1.807, 2.05) is 0 Å². The topological polar surface area (TPSA) is 364 Å². The second-order valence-electron chi connectivity index (χ2n) is 11.9. The zero-order valence-corrected chi connectivity index (χ0v) is 30.1. The van der Waals surface area contributed by atoms with Crippen molar-refractivity contribution in [2.75, 3.05) is 32.0 Å². The molecule has 0 spiro atoms. The van der Waals surface area contributed by atoms with Crippen LogP contribution in [0.2, 0.25) is 0 Å². The number of rotatable bonds is 20. The minimum absolute atomic E-state index is 0.0267. The van der Waals surface area contributed by atoms with E-state index in [4.69, 9.17) is 19.5 Å². The standard InChI is InChI=1S/C24H40N7O17P3/c1-13(32)5-4-7-26-15(33)6-8-27-22(36)19(35)24(2,3)10-45-51(42,43)48-50(40,41)44-9-14-18(47-49(37,38)39)17(34)23(46-14)31-12-30-16-20(25)28-11-29-21(16)31/h11-12,14,17-19,23,34-35H,4-10H2,1-3H3,(H,26,33)(H,27,36)(H,40,41)(H,42,43)(H2,25,28,29)(H2,37,38,39)/t14-,17-,18-,19+,23-/m1/s1. The Bertz CT molecular complexity index is 1700. The summed E-state index contributed by atoms with van der Waals surface area (Å²) in [5.74, 6) is -1.46. The molecule has 3 heterocycles. The van der Waals surface area contributed by atoms with Crippen molar-refractivity contribution >= 4 is 58.0 Å². The van der Waals surface area contributed by atoms with E-state index in [2.05, 4.69) is 34.4 Å². The summed E-state index contributed by atoms with van der Waals surface area (Å²) in [6.07, 6.45) is -6.12. The summed E-state index contributed by atoms with van der Waals surface area (Å²) in [6, 6.07) is 0. The quantitative estimate of drug-likeness (QED) is 0.0560. The summed E-state index contributed by atoms with van der Waals surface area (Å²) >= 11 is 0. The number of carbonyl (C=O) groups is 3. The molecule has 0 saturated carbocycles. The molecule has 2 unspecified atom stereocenters. The summed E-state index contributed by atoms with van der Waals surface area (Å²) < 4.78 is 61.8. The lowest BCUT2D eigenvalue weighted by molar-refractivity contribution is -0.137. The van der Waals surface area contributed by atoms with Gasteiger partial charge in [-0.1, -0.05) is 13.8 Å². The van der Waals surface area contributed by atoms with Crippen molar-refractivity contribution in [3.8, 4) is 0 Å². The predicted octanol–water partition coefficient (Wildman–Crippen LogP) is -1.23. The molecule has 10 N–H and O–H groups in total. The van der Waals surface area contributed by atoms with Crippen molar-refractivity contribution in [3.63, 3.8) is 0 Å². The third-order valence-electron chi connectivity index (χ3n) is 7.11. The van der Waals surface area contributed by atoms with Crippen LogP contribution in [-0.2, 0) is 50.7 Å². The van der Waals surface area contributed by atoms with E-state index in [1.165, 1.54) is 20.8 Å². The van der Waals surface area contributed by atoms with Crippen LogP contribution in [0.5, 0.6) is 0 Å². The van der Waals surface area contributed by atoms with Crippen LogP contribution in [0.15, 0.2) is 12.7 Å². The Morgan fingerprint density at radius 3 is 2.35 bits per heavy atom. The number of anilines is 1. The van der Waals surface area contributed by atoms with Gasteiger partial charge in [-0.2, -0.15) is 4.31 Å². The van der Waals surface area contributed by atoms with Gasteiger partial charge in [0.15, 0.2) is 17.7 Å². The third-order valence-corrected chi connectivity index (χ3v) is 10.2. The van der Waals surface area contributed by atoms with Crippen LogP contribution in [0.1, 0.15) is 46.3 Å². The van der Waals surface area contributed by atoms with Crippen LogP contribution in [0.25, 0.3) is 11.2 Å². The van der Waals surface area contributed by atoms with Crippen molar-refractivity contribution in [3.05, 3.63) is 12.7 Å². The summed E-state index contributed by atoms with van der Waals surface area (Å²) in [7, 11) is -16.4. The summed E-state index contributed by atoms with van der Waals surface area (Å²) in [5, 5.41) is 26.2. The number of phosphoric acid groups is 3. The van der Waals surface area contributed by atoms with Crippen molar-refractivity contribution in [1.82, 2.24) is 30.2 Å². The number of nitrogen functional groups attached to an aromatic ring is 1. The van der Waals surface area contributed by atoms with Gasteiger partial charge in [0, 0.05) is 31.3 Å². The molecular formula is C24H40N7O17P3. The Morgan fingerprint density at radius 1 is 1.04 bits per heavy atom. The second kappa shape index (κ2) is 17.4. The van der Waals surface area contributed by atoms with Gasteiger partial charge in [0.2, 0.25) is 11.8 Å². The van der Waals surface area contributed by atoms with Crippen LogP contribution in [-0.4, -0.2) is 118 Å². The van der Waals surface area contributed by atoms with E-state index in [1.54, 1.807) is 0 Å². The fourth-order valence-electron chi connectivity index (χ4n) is 4.50. The SMILES string of the molecule is CC(=O)CCCNC(=O)CCNC(=O)[C@H](O)C(C)(C)COP(=O)(O)OP(=O)(O)OC[C@H]1O[C@@H](n2cnc3c(N)ncnc32)[C@H](O)[C@@H]1OP(=O)(O)O. The fourth-order valence-corrected chi connectivity index (χ4v) is 7.33. The van der Waals surface area contributed by atoms with Crippen molar-refractivity contribution in [1.29, 1.82) is 0 Å². The van der Waals surface area contributed by atoms with Crippen molar-refractivity contribution < 1.29 is 80.5 Å². The van der Waals surface area contributed by atoms with E-state index in [0.29, 0.717) is 12.8 Å². The molecule has 2 aromatic heterocycles. The highest BCUT2D eigenvalue weighted by molar-refractivity contribution is 7.61. The maximum atomic E-state index is 12.6. The zero-order valence-electron chi connectivity index (χ0n) is 27.4. The number of ether oxygens (including phenoxy) is 1. The normalized spacial score (nSPS) is 22.6. The molecule has 1 aliphatic rings. The number of Topliss-reactive ketones (excluding diaryl/α,β-unsaturated/α-hetero) is 1. The highest BCUT2D eigenvalue weighted by Gasteiger charge is 2.50. The lowest BCUT2D eigenvalue weighted by Crippen LogP contribution is -2.46. The maximum Gasteiger partial charge on any atom is 0.481 e. The average molecular weight is 792 g/mol. The zero-order chi connectivity index (χ0) is 38.4. The molecular weight excluding hydrogens is 751 g/mol. The smallest absolute Gasteiger partial charge is 0.386 e. The largest absolute Gasteiger partial charge is 0.481 e. The lowest BCUT2D eigenvalue weighted by Gasteiger charge is -2.30. The number of aromatic nitrogens is 4. The number of nitrogens with one attached hydrogen (secondary N) is 2. The Balaban J connectivity index is 1.55. The number of fused-ring (bicyclic) bond motifs is 1. The van der Waals surface area contributed by atoms with E-state index in [9.17, 15) is 57.9 Å². The molecule has 0 aromatic carbocycles. The second-order valence-corrected chi connectivity index (χ2v) is 16.1. The number of nitrogens with two attached hydrogens (primary N) is 1. The Kier molecular flexibility index (Phi) is 14.5. The minimum atomic E-state index is -5.56. The summed E-state index contributed by atoms with van der Waals surface area (Å²) in [5.41, 5.74) is 4.26. The number of aliphatic hydroxyl groups excluding tert-OH is 2. The molecule has 3 rings (SSSR count). The number of hydrogen-bond acceptors (Lipinski definition) is 17. The number of amides is 2. The van der Waals surface area contributed by atoms with Crippen LogP contribution >= 0.6 is 23.5 Å². The molecule has 2 amide bonds. The summed E-state index contributed by atoms with van der Waals surface area (Å²) in [6.45, 7) is 1.99. The Morgan fingerprint density at radius 2 is 1.71 bits per heavy atom. The highest BCUT2D eigenvalue weighted by atomic mass is 31.3. The number of imidazole rings is 1. The van der Waals surface area contributed by atoms with E-state index >= 15 is 0 Å². The first-order valence-corrected chi connectivity index (χ1v) is 19.4. The first-order chi connectivity index (χ1) is 23.5. The molecule has 2 aromatic rings. The molecule has 1 saturated heterocycles. The van der Waals surface area contributed by atoms with Gasteiger partial charge in [0.25, 0.3) is 0 Å². The molecule has 24 nitrogen and oxygen atoms in total. The van der Waals surface area contributed by atoms with Gasteiger partial charge in [-0.25, -0.2) is 28.6 Å². The number of phosphoric ester groups is 3. The molecule has 7 atom stereocenters. The highest BCUT2D eigenvalue weighted by Crippen LogP contribution is 2.61. The van der Waals surface area contributed by atoms with Crippen LogP contribution < -0.4 is 16.4 Å². The van der Waals surface area contributed by atoms with Crippen molar-refractivity contribution in [2.45, 2.75) is 70.7 Å². The number of hydrogen-bond donors (Lipinski definition) is 9. The van der Waals surface area contributed by atoms with Gasteiger partial charge in [-0.3, -0.25) is 27.7 Å². The number of carbonyl (C=O) groups excluding carboxylic acids is 3. The van der Waals surface area contributed by atoms with Crippen molar-refractivity contribution in [2.24, 2.45) is 5.41 Å².